The Balaban J connectivity index is 1.68. The smallest absolute Gasteiger partial charge is 0.244 e. The van der Waals surface area contributed by atoms with Gasteiger partial charge < -0.3 is 5.32 Å². The standard InChI is InChI=1S/C14H20N6O2S/c1-19-14(17-11-18-19)10-16-13-6-5-12(9-15-13)23(21,22)20-7-3-2-4-8-20/h5-6,9,11H,2-4,7-8,10H2,1H3,(H,15,16). The van der Waals surface area contributed by atoms with Gasteiger partial charge in [0.1, 0.15) is 22.9 Å². The number of piperidine rings is 1. The zero-order chi connectivity index (χ0) is 16.3. The summed E-state index contributed by atoms with van der Waals surface area (Å²) in [5.41, 5.74) is 0. The van der Waals surface area contributed by atoms with Gasteiger partial charge in [0.2, 0.25) is 10.0 Å². The van der Waals surface area contributed by atoms with Crippen LogP contribution in [0.15, 0.2) is 29.6 Å². The van der Waals surface area contributed by atoms with Crippen LogP contribution < -0.4 is 5.32 Å². The van der Waals surface area contributed by atoms with E-state index < -0.39 is 10.0 Å². The second kappa shape index (κ2) is 6.63. The maximum absolute atomic E-state index is 12.5. The molecular weight excluding hydrogens is 316 g/mol. The highest BCUT2D eigenvalue weighted by Crippen LogP contribution is 2.20. The molecule has 2 aromatic rings. The minimum atomic E-state index is -3.43. The molecule has 0 aromatic carbocycles. The van der Waals surface area contributed by atoms with E-state index in [0.717, 1.165) is 25.1 Å². The molecule has 0 saturated carbocycles. The van der Waals surface area contributed by atoms with Crippen molar-refractivity contribution < 1.29 is 8.42 Å². The molecule has 0 unspecified atom stereocenters. The molecular formula is C14H20N6O2S. The Hall–Kier alpha value is -2.00. The number of hydrogen-bond acceptors (Lipinski definition) is 6. The van der Waals surface area contributed by atoms with Crippen molar-refractivity contribution in [2.45, 2.75) is 30.7 Å². The zero-order valence-electron chi connectivity index (χ0n) is 13.0. The maximum atomic E-state index is 12.5. The van der Waals surface area contributed by atoms with Crippen molar-refractivity contribution in [3.63, 3.8) is 0 Å². The molecule has 8 nitrogen and oxygen atoms in total. The molecule has 0 bridgehead atoms. The summed E-state index contributed by atoms with van der Waals surface area (Å²) in [5.74, 6) is 1.38. The number of nitrogens with zero attached hydrogens (tertiary/aromatic N) is 5. The van der Waals surface area contributed by atoms with Gasteiger partial charge in [-0.1, -0.05) is 6.42 Å². The lowest BCUT2D eigenvalue weighted by Crippen LogP contribution is -2.35. The Bertz CT molecular complexity index is 750. The molecule has 23 heavy (non-hydrogen) atoms. The third-order valence-corrected chi connectivity index (χ3v) is 5.80. The first kappa shape index (κ1) is 15.9. The van der Waals surface area contributed by atoms with Crippen molar-refractivity contribution in [3.8, 4) is 0 Å². The predicted molar refractivity (Wildman–Crippen MR) is 85.2 cm³/mol. The van der Waals surface area contributed by atoms with Crippen molar-refractivity contribution in [1.82, 2.24) is 24.1 Å². The minimum absolute atomic E-state index is 0.239. The lowest BCUT2D eigenvalue weighted by molar-refractivity contribution is 0.346. The van der Waals surface area contributed by atoms with Gasteiger partial charge >= 0.3 is 0 Å². The van der Waals surface area contributed by atoms with E-state index in [1.165, 1.54) is 12.5 Å². The summed E-state index contributed by atoms with van der Waals surface area (Å²) in [6.45, 7) is 1.66. The molecule has 0 radical (unpaired) electrons. The number of sulfonamides is 1. The van der Waals surface area contributed by atoms with Gasteiger partial charge in [0.15, 0.2) is 0 Å². The monoisotopic (exact) mass is 336 g/mol. The van der Waals surface area contributed by atoms with Crippen LogP contribution in [-0.2, 0) is 23.6 Å². The van der Waals surface area contributed by atoms with E-state index in [1.807, 2.05) is 7.05 Å². The lowest BCUT2D eigenvalue weighted by Gasteiger charge is -2.25. The molecule has 1 aliphatic rings. The first-order chi connectivity index (χ1) is 11.1. The van der Waals surface area contributed by atoms with E-state index in [1.54, 1.807) is 21.1 Å². The Kier molecular flexibility index (Phi) is 4.58. The van der Waals surface area contributed by atoms with Gasteiger partial charge in [0.05, 0.1) is 6.54 Å². The SMILES string of the molecule is Cn1ncnc1CNc1ccc(S(=O)(=O)N2CCCCC2)cn1. The summed E-state index contributed by atoms with van der Waals surface area (Å²) in [6.07, 6.45) is 5.82. The number of rotatable bonds is 5. The molecule has 1 aliphatic heterocycles. The number of nitrogens with one attached hydrogen (secondary N) is 1. The van der Waals surface area contributed by atoms with Crippen LogP contribution in [0.2, 0.25) is 0 Å². The van der Waals surface area contributed by atoms with Gasteiger partial charge in [0, 0.05) is 26.3 Å². The lowest BCUT2D eigenvalue weighted by atomic mass is 10.2. The molecule has 2 aromatic heterocycles. The van der Waals surface area contributed by atoms with Crippen LogP contribution in [0.5, 0.6) is 0 Å². The fourth-order valence-electron chi connectivity index (χ4n) is 2.54. The first-order valence-electron chi connectivity index (χ1n) is 7.60. The van der Waals surface area contributed by atoms with Crippen LogP contribution in [0.3, 0.4) is 0 Å². The molecule has 0 atom stereocenters. The number of aryl methyl sites for hydroxylation is 1. The molecule has 3 rings (SSSR count). The molecule has 0 amide bonds. The summed E-state index contributed by atoms with van der Waals surface area (Å²) in [6, 6.07) is 3.27. The average molecular weight is 336 g/mol. The van der Waals surface area contributed by atoms with Gasteiger partial charge in [-0.3, -0.25) is 4.68 Å². The minimum Gasteiger partial charge on any atom is -0.363 e. The number of hydrogen-bond donors (Lipinski definition) is 1. The van der Waals surface area contributed by atoms with Crippen LogP contribution in [0, 0.1) is 0 Å². The van der Waals surface area contributed by atoms with Gasteiger partial charge in [-0.05, 0) is 25.0 Å². The normalized spacial score (nSPS) is 16.4. The van der Waals surface area contributed by atoms with Crippen LogP contribution in [0.4, 0.5) is 5.82 Å². The third-order valence-electron chi connectivity index (χ3n) is 3.92. The van der Waals surface area contributed by atoms with E-state index in [4.69, 9.17) is 0 Å². The van der Waals surface area contributed by atoms with Crippen molar-refractivity contribution in [2.75, 3.05) is 18.4 Å². The highest BCUT2D eigenvalue weighted by Gasteiger charge is 2.26. The summed E-state index contributed by atoms with van der Waals surface area (Å²) in [4.78, 5) is 8.54. The van der Waals surface area contributed by atoms with E-state index in [0.29, 0.717) is 25.5 Å². The van der Waals surface area contributed by atoms with Crippen molar-refractivity contribution in [2.24, 2.45) is 7.05 Å². The van der Waals surface area contributed by atoms with Crippen LogP contribution in [-0.4, -0.2) is 45.6 Å². The Morgan fingerprint density at radius 1 is 1.17 bits per heavy atom. The van der Waals surface area contributed by atoms with Gasteiger partial charge in [-0.2, -0.15) is 9.40 Å². The van der Waals surface area contributed by atoms with Crippen LogP contribution in [0.25, 0.3) is 0 Å². The molecule has 1 fully saturated rings. The summed E-state index contributed by atoms with van der Waals surface area (Å²) >= 11 is 0. The van der Waals surface area contributed by atoms with Crippen molar-refractivity contribution >= 4 is 15.8 Å². The largest absolute Gasteiger partial charge is 0.363 e. The van der Waals surface area contributed by atoms with Gasteiger partial charge in [0.25, 0.3) is 0 Å². The molecule has 0 aliphatic carbocycles. The second-order valence-electron chi connectivity index (χ2n) is 5.50. The van der Waals surface area contributed by atoms with Crippen LogP contribution >= 0.6 is 0 Å². The highest BCUT2D eigenvalue weighted by atomic mass is 32.2. The quantitative estimate of drug-likeness (QED) is 0.875. The fraction of sp³-hybridized carbons (Fsp3) is 0.500. The zero-order valence-corrected chi connectivity index (χ0v) is 13.8. The maximum Gasteiger partial charge on any atom is 0.244 e. The average Bonchev–Trinajstić information content (AvgIpc) is 2.99. The summed E-state index contributed by atoms with van der Waals surface area (Å²) < 4.78 is 28.3. The van der Waals surface area contributed by atoms with Gasteiger partial charge in [-0.25, -0.2) is 18.4 Å². The Labute approximate surface area is 135 Å². The summed E-state index contributed by atoms with van der Waals surface area (Å²) in [7, 11) is -1.62. The van der Waals surface area contributed by atoms with Crippen LogP contribution in [0.1, 0.15) is 25.1 Å². The van der Waals surface area contributed by atoms with Gasteiger partial charge in [-0.15, -0.1) is 0 Å². The molecule has 0 spiro atoms. The topological polar surface area (TPSA) is 93.0 Å². The predicted octanol–water partition coefficient (Wildman–Crippen LogP) is 0.997. The van der Waals surface area contributed by atoms with E-state index in [-0.39, 0.29) is 4.90 Å². The Morgan fingerprint density at radius 2 is 1.96 bits per heavy atom. The second-order valence-corrected chi connectivity index (χ2v) is 7.44. The Morgan fingerprint density at radius 3 is 2.57 bits per heavy atom. The van der Waals surface area contributed by atoms with Crippen molar-refractivity contribution in [3.05, 3.63) is 30.5 Å². The number of pyridine rings is 1. The molecule has 1 N–H and O–H groups in total. The molecule has 1 saturated heterocycles. The van der Waals surface area contributed by atoms with E-state index in [9.17, 15) is 8.42 Å². The molecule has 124 valence electrons. The summed E-state index contributed by atoms with van der Waals surface area (Å²) in [5, 5.41) is 7.09. The van der Waals surface area contributed by atoms with E-state index >= 15 is 0 Å². The highest BCUT2D eigenvalue weighted by molar-refractivity contribution is 7.89. The molecule has 9 heteroatoms. The molecule has 3 heterocycles. The van der Waals surface area contributed by atoms with Crippen molar-refractivity contribution in [1.29, 1.82) is 0 Å². The third kappa shape index (κ3) is 3.50. The fourth-order valence-corrected chi connectivity index (χ4v) is 4.00. The number of aromatic nitrogens is 4. The first-order valence-corrected chi connectivity index (χ1v) is 9.04. The van der Waals surface area contributed by atoms with E-state index in [2.05, 4.69) is 20.4 Å². The number of anilines is 1.